The van der Waals surface area contributed by atoms with Gasteiger partial charge in [-0.1, -0.05) is 90.2 Å². The molecule has 0 aliphatic carbocycles. The Labute approximate surface area is 173 Å². The van der Waals surface area contributed by atoms with Crippen molar-refractivity contribution in [1.29, 1.82) is 0 Å². The van der Waals surface area contributed by atoms with Crippen LogP contribution in [0.1, 0.15) is 123 Å². The first-order valence-corrected chi connectivity index (χ1v) is 11.8. The molecule has 0 spiro atoms. The molecule has 0 bridgehead atoms. The Bertz CT molecular complexity index is 368. The van der Waals surface area contributed by atoms with Crippen molar-refractivity contribution < 1.29 is 19.7 Å². The molecule has 0 aromatic carbocycles. The lowest BCUT2D eigenvalue weighted by Crippen LogP contribution is -2.30. The van der Waals surface area contributed by atoms with Crippen LogP contribution in [0.5, 0.6) is 0 Å². The first-order chi connectivity index (χ1) is 13.6. The van der Waals surface area contributed by atoms with E-state index in [0.29, 0.717) is 12.8 Å². The largest absolute Gasteiger partial charge is 0.433 e. The van der Waals surface area contributed by atoms with Crippen LogP contribution in [-0.4, -0.2) is 28.6 Å². The lowest BCUT2D eigenvalue weighted by Gasteiger charge is -2.17. The zero-order valence-corrected chi connectivity index (χ0v) is 18.5. The van der Waals surface area contributed by atoms with Crippen LogP contribution in [-0.2, 0) is 9.53 Å². The standard InChI is InChI=1S/C24H46O4/c1-3-5-7-8-9-10-11-12-13-14-15-16-17-18-19-21-23(26)28-24(27)22(25)20-6-4-2/h12-13,22,24-25,27H,3-11,14-21H2,1-2H3/b13-12-. The maximum atomic E-state index is 11.7. The van der Waals surface area contributed by atoms with Crippen LogP contribution in [0.2, 0.25) is 0 Å². The second kappa shape index (κ2) is 20.9. The minimum absolute atomic E-state index is 0.315. The lowest BCUT2D eigenvalue weighted by molar-refractivity contribution is -0.187. The van der Waals surface area contributed by atoms with E-state index < -0.39 is 18.4 Å². The Kier molecular flexibility index (Phi) is 20.2. The number of aliphatic hydroxyl groups excluding tert-OH is 2. The van der Waals surface area contributed by atoms with E-state index in [1.54, 1.807) is 0 Å². The number of unbranched alkanes of at least 4 members (excludes halogenated alkanes) is 12. The zero-order valence-electron chi connectivity index (χ0n) is 18.5. The van der Waals surface area contributed by atoms with Gasteiger partial charge >= 0.3 is 5.97 Å². The predicted molar refractivity (Wildman–Crippen MR) is 117 cm³/mol. The number of allylic oxidation sites excluding steroid dienone is 2. The van der Waals surface area contributed by atoms with Gasteiger partial charge in [0.15, 0.2) is 0 Å². The molecule has 0 heterocycles. The quantitative estimate of drug-likeness (QED) is 0.107. The maximum Gasteiger partial charge on any atom is 0.308 e. The van der Waals surface area contributed by atoms with Gasteiger partial charge in [-0.2, -0.15) is 0 Å². The SMILES string of the molecule is CCCCCCCC/C=C\CCCCCCCC(=O)OC(O)C(O)CCCC. The minimum Gasteiger partial charge on any atom is -0.433 e. The van der Waals surface area contributed by atoms with Crippen molar-refractivity contribution in [2.75, 3.05) is 0 Å². The van der Waals surface area contributed by atoms with Gasteiger partial charge in [0.05, 0.1) is 0 Å². The van der Waals surface area contributed by atoms with Crippen molar-refractivity contribution in [3.63, 3.8) is 0 Å². The zero-order chi connectivity index (χ0) is 20.9. The summed E-state index contributed by atoms with van der Waals surface area (Å²) in [5.74, 6) is -0.416. The van der Waals surface area contributed by atoms with E-state index in [1.807, 2.05) is 6.92 Å². The third-order valence-corrected chi connectivity index (χ3v) is 5.08. The number of ether oxygens (including phenoxy) is 1. The van der Waals surface area contributed by atoms with Crippen LogP contribution in [0.15, 0.2) is 12.2 Å². The Hall–Kier alpha value is -0.870. The molecule has 0 aromatic heterocycles. The van der Waals surface area contributed by atoms with Crippen LogP contribution in [0.3, 0.4) is 0 Å². The fraction of sp³-hybridized carbons (Fsp3) is 0.875. The van der Waals surface area contributed by atoms with Crippen LogP contribution in [0, 0.1) is 0 Å². The van der Waals surface area contributed by atoms with E-state index in [-0.39, 0.29) is 0 Å². The molecule has 0 aliphatic rings. The van der Waals surface area contributed by atoms with Gasteiger partial charge in [0, 0.05) is 6.42 Å². The molecule has 0 saturated heterocycles. The van der Waals surface area contributed by atoms with Crippen molar-refractivity contribution in [2.24, 2.45) is 0 Å². The third-order valence-electron chi connectivity index (χ3n) is 5.08. The van der Waals surface area contributed by atoms with Gasteiger partial charge < -0.3 is 14.9 Å². The summed E-state index contributed by atoms with van der Waals surface area (Å²) in [6.07, 6.45) is 20.6. The predicted octanol–water partition coefficient (Wildman–Crippen LogP) is 6.44. The van der Waals surface area contributed by atoms with Gasteiger partial charge in [-0.25, -0.2) is 0 Å². The first kappa shape index (κ1) is 27.1. The van der Waals surface area contributed by atoms with E-state index >= 15 is 0 Å². The average molecular weight is 399 g/mol. The van der Waals surface area contributed by atoms with Crippen LogP contribution < -0.4 is 0 Å². The number of carbonyl (C=O) groups is 1. The van der Waals surface area contributed by atoms with Crippen molar-refractivity contribution in [3.8, 4) is 0 Å². The molecule has 2 unspecified atom stereocenters. The van der Waals surface area contributed by atoms with Crippen LogP contribution in [0.4, 0.5) is 0 Å². The molecule has 2 N–H and O–H groups in total. The van der Waals surface area contributed by atoms with E-state index in [1.165, 1.54) is 57.8 Å². The summed E-state index contributed by atoms with van der Waals surface area (Å²) >= 11 is 0. The van der Waals surface area contributed by atoms with Gasteiger partial charge in [-0.05, 0) is 38.5 Å². The minimum atomic E-state index is -1.39. The maximum absolute atomic E-state index is 11.7. The summed E-state index contributed by atoms with van der Waals surface area (Å²) < 4.78 is 4.89. The van der Waals surface area contributed by atoms with E-state index in [2.05, 4.69) is 19.1 Å². The second-order valence-corrected chi connectivity index (χ2v) is 7.92. The first-order valence-electron chi connectivity index (χ1n) is 11.8. The van der Waals surface area contributed by atoms with Crippen molar-refractivity contribution in [3.05, 3.63) is 12.2 Å². The number of rotatable bonds is 20. The summed E-state index contributed by atoms with van der Waals surface area (Å²) in [6.45, 7) is 4.27. The van der Waals surface area contributed by atoms with Gasteiger partial charge in [0.25, 0.3) is 0 Å². The summed E-state index contributed by atoms with van der Waals surface area (Å²) in [7, 11) is 0. The van der Waals surface area contributed by atoms with Crippen molar-refractivity contribution >= 4 is 5.97 Å². The van der Waals surface area contributed by atoms with E-state index in [0.717, 1.165) is 38.5 Å². The van der Waals surface area contributed by atoms with Gasteiger partial charge in [0.2, 0.25) is 6.29 Å². The molecule has 0 rings (SSSR count). The smallest absolute Gasteiger partial charge is 0.308 e. The van der Waals surface area contributed by atoms with Gasteiger partial charge in [-0.3, -0.25) is 4.79 Å². The summed E-state index contributed by atoms with van der Waals surface area (Å²) in [4.78, 5) is 11.7. The number of carbonyl (C=O) groups excluding carboxylic acids is 1. The molecule has 0 aromatic rings. The highest BCUT2D eigenvalue weighted by Crippen LogP contribution is 2.11. The van der Waals surface area contributed by atoms with E-state index in [9.17, 15) is 15.0 Å². The lowest BCUT2D eigenvalue weighted by atomic mass is 10.1. The molecule has 0 amide bonds. The number of aliphatic hydroxyl groups is 2. The number of esters is 1. The molecule has 0 saturated carbocycles. The molecule has 4 nitrogen and oxygen atoms in total. The molecule has 0 radical (unpaired) electrons. The molecule has 166 valence electrons. The molecule has 2 atom stereocenters. The topological polar surface area (TPSA) is 66.8 Å². The number of hydrogen-bond donors (Lipinski definition) is 2. The Balaban J connectivity index is 3.40. The van der Waals surface area contributed by atoms with E-state index in [4.69, 9.17) is 4.74 Å². The fourth-order valence-electron chi connectivity index (χ4n) is 3.17. The highest BCUT2D eigenvalue weighted by atomic mass is 16.6. The van der Waals surface area contributed by atoms with Crippen LogP contribution in [0.25, 0.3) is 0 Å². The Morgan fingerprint density at radius 1 is 0.750 bits per heavy atom. The molecule has 28 heavy (non-hydrogen) atoms. The molecule has 0 aliphatic heterocycles. The second-order valence-electron chi connectivity index (χ2n) is 7.92. The monoisotopic (exact) mass is 398 g/mol. The molecule has 0 fully saturated rings. The Morgan fingerprint density at radius 2 is 1.25 bits per heavy atom. The molecular weight excluding hydrogens is 352 g/mol. The van der Waals surface area contributed by atoms with Crippen molar-refractivity contribution in [2.45, 2.75) is 135 Å². The Morgan fingerprint density at radius 3 is 1.82 bits per heavy atom. The summed E-state index contributed by atoms with van der Waals surface area (Å²) in [5, 5.41) is 19.3. The fourth-order valence-corrected chi connectivity index (χ4v) is 3.17. The van der Waals surface area contributed by atoms with Crippen molar-refractivity contribution in [1.82, 2.24) is 0 Å². The van der Waals surface area contributed by atoms with Crippen LogP contribution >= 0.6 is 0 Å². The third kappa shape index (κ3) is 18.5. The van der Waals surface area contributed by atoms with Gasteiger partial charge in [-0.15, -0.1) is 0 Å². The summed E-state index contributed by atoms with van der Waals surface area (Å²) in [5.41, 5.74) is 0. The normalized spacial score (nSPS) is 13.7. The molecular formula is C24H46O4. The molecule has 4 heteroatoms. The average Bonchev–Trinajstić information content (AvgIpc) is 2.68. The highest BCUT2D eigenvalue weighted by molar-refractivity contribution is 5.69. The van der Waals surface area contributed by atoms with Gasteiger partial charge in [0.1, 0.15) is 6.10 Å². The highest BCUT2D eigenvalue weighted by Gasteiger charge is 2.19. The number of hydrogen-bond acceptors (Lipinski definition) is 4. The summed E-state index contributed by atoms with van der Waals surface area (Å²) in [6, 6.07) is 0.